The Morgan fingerprint density at radius 1 is 1.21 bits per heavy atom. The van der Waals surface area contributed by atoms with Crippen LogP contribution in [-0.2, 0) is 16.1 Å². The summed E-state index contributed by atoms with van der Waals surface area (Å²) < 4.78 is 18.4. The van der Waals surface area contributed by atoms with E-state index in [-0.39, 0.29) is 30.2 Å². The number of carbonyl (C=O) groups is 2. The molecule has 1 fully saturated rings. The maximum atomic E-state index is 13.0. The van der Waals surface area contributed by atoms with Gasteiger partial charge in [-0.2, -0.15) is 0 Å². The zero-order chi connectivity index (χ0) is 20.1. The molecule has 2 aromatic carbocycles. The van der Waals surface area contributed by atoms with Crippen molar-refractivity contribution in [3.8, 4) is 5.75 Å². The number of halogens is 3. The average Bonchev–Trinajstić information content (AvgIpc) is 3.00. The van der Waals surface area contributed by atoms with Gasteiger partial charge in [-0.1, -0.05) is 35.3 Å². The molecule has 1 aliphatic heterocycles. The van der Waals surface area contributed by atoms with Crippen molar-refractivity contribution in [1.82, 2.24) is 10.2 Å². The van der Waals surface area contributed by atoms with Crippen LogP contribution in [0.25, 0.3) is 0 Å². The van der Waals surface area contributed by atoms with Crippen LogP contribution in [0.15, 0.2) is 42.5 Å². The summed E-state index contributed by atoms with van der Waals surface area (Å²) in [5, 5.41) is 3.59. The Balaban J connectivity index is 1.42. The fourth-order valence-corrected chi connectivity index (χ4v) is 3.46. The minimum Gasteiger partial charge on any atom is -0.482 e. The normalized spacial score (nSPS) is 16.3. The number of nitrogens with one attached hydrogen (secondary N) is 1. The summed E-state index contributed by atoms with van der Waals surface area (Å²) in [5.74, 6) is -0.179. The van der Waals surface area contributed by atoms with Crippen molar-refractivity contribution < 1.29 is 18.7 Å². The number of hydrogen-bond acceptors (Lipinski definition) is 3. The first-order valence-electron chi connectivity index (χ1n) is 8.77. The third-order valence-corrected chi connectivity index (χ3v) is 4.95. The van der Waals surface area contributed by atoms with E-state index < -0.39 is 0 Å². The largest absolute Gasteiger partial charge is 0.482 e. The Labute approximate surface area is 172 Å². The monoisotopic (exact) mass is 424 g/mol. The molecule has 28 heavy (non-hydrogen) atoms. The van der Waals surface area contributed by atoms with E-state index in [2.05, 4.69) is 5.32 Å². The van der Waals surface area contributed by atoms with E-state index in [1.165, 1.54) is 18.2 Å². The van der Waals surface area contributed by atoms with Gasteiger partial charge >= 0.3 is 0 Å². The fraction of sp³-hybridized carbons (Fsp3) is 0.300. The summed E-state index contributed by atoms with van der Waals surface area (Å²) in [7, 11) is 0. The number of nitrogens with zero attached hydrogens (tertiary/aromatic N) is 1. The molecule has 1 aliphatic rings. The molecular formula is C20H19Cl2FN2O3. The number of hydrogen-bond donors (Lipinski definition) is 1. The van der Waals surface area contributed by atoms with Gasteiger partial charge in [-0.05, 0) is 35.9 Å². The Morgan fingerprint density at radius 3 is 2.68 bits per heavy atom. The Morgan fingerprint density at radius 2 is 1.96 bits per heavy atom. The highest BCUT2D eigenvalue weighted by Crippen LogP contribution is 2.27. The Bertz CT molecular complexity index is 861. The molecule has 0 saturated carbocycles. The second kappa shape index (κ2) is 9.26. The van der Waals surface area contributed by atoms with Gasteiger partial charge in [0.15, 0.2) is 6.61 Å². The molecule has 148 valence electrons. The fourth-order valence-electron chi connectivity index (χ4n) is 3.00. The lowest BCUT2D eigenvalue weighted by Gasteiger charge is -2.17. The van der Waals surface area contributed by atoms with Crippen LogP contribution >= 0.6 is 23.2 Å². The maximum Gasteiger partial charge on any atom is 0.257 e. The van der Waals surface area contributed by atoms with Gasteiger partial charge in [0, 0.05) is 37.0 Å². The number of rotatable bonds is 7. The number of carbonyl (C=O) groups excluding carboxylic acids is 2. The number of benzene rings is 2. The molecule has 0 aliphatic carbocycles. The standard InChI is InChI=1S/C20H19Cl2FN2O3/c21-15-3-6-18(17(22)8-15)28-12-19(26)24-9-14-7-20(27)25(11-14)10-13-1-4-16(23)5-2-13/h1-6,8,14H,7,9-12H2,(H,24,26). The van der Waals surface area contributed by atoms with Crippen LogP contribution in [0.4, 0.5) is 4.39 Å². The van der Waals surface area contributed by atoms with E-state index in [1.807, 2.05) is 0 Å². The molecule has 0 aromatic heterocycles. The third kappa shape index (κ3) is 5.59. The van der Waals surface area contributed by atoms with Crippen molar-refractivity contribution >= 4 is 35.0 Å². The molecule has 0 spiro atoms. The molecule has 1 heterocycles. The van der Waals surface area contributed by atoms with Crippen LogP contribution in [0.2, 0.25) is 10.0 Å². The van der Waals surface area contributed by atoms with E-state index in [0.29, 0.717) is 41.8 Å². The molecule has 5 nitrogen and oxygen atoms in total. The van der Waals surface area contributed by atoms with Crippen molar-refractivity contribution in [3.05, 3.63) is 63.9 Å². The first-order chi connectivity index (χ1) is 13.4. The van der Waals surface area contributed by atoms with Crippen LogP contribution < -0.4 is 10.1 Å². The lowest BCUT2D eigenvalue weighted by molar-refractivity contribution is -0.128. The molecule has 8 heteroatoms. The summed E-state index contributed by atoms with van der Waals surface area (Å²) in [6.07, 6.45) is 0.366. The van der Waals surface area contributed by atoms with E-state index in [1.54, 1.807) is 29.2 Å². The van der Waals surface area contributed by atoms with Crippen molar-refractivity contribution in [2.45, 2.75) is 13.0 Å². The third-order valence-electron chi connectivity index (χ3n) is 4.42. The van der Waals surface area contributed by atoms with Crippen molar-refractivity contribution in [3.63, 3.8) is 0 Å². The topological polar surface area (TPSA) is 58.6 Å². The molecule has 1 unspecified atom stereocenters. The van der Waals surface area contributed by atoms with E-state index in [9.17, 15) is 14.0 Å². The van der Waals surface area contributed by atoms with Crippen molar-refractivity contribution in [2.24, 2.45) is 5.92 Å². The SMILES string of the molecule is O=C(COc1ccc(Cl)cc1Cl)NCC1CC(=O)N(Cc2ccc(F)cc2)C1. The highest BCUT2D eigenvalue weighted by molar-refractivity contribution is 6.35. The van der Waals surface area contributed by atoms with Crippen LogP contribution in [0.3, 0.4) is 0 Å². The summed E-state index contributed by atoms with van der Waals surface area (Å²) in [5.41, 5.74) is 0.868. The maximum absolute atomic E-state index is 13.0. The highest BCUT2D eigenvalue weighted by atomic mass is 35.5. The van der Waals surface area contributed by atoms with Crippen LogP contribution in [-0.4, -0.2) is 36.4 Å². The molecule has 2 amide bonds. The molecular weight excluding hydrogens is 406 g/mol. The number of ether oxygens (including phenoxy) is 1. The van der Waals surface area contributed by atoms with E-state index in [0.717, 1.165) is 5.56 Å². The lowest BCUT2D eigenvalue weighted by Crippen LogP contribution is -2.34. The van der Waals surface area contributed by atoms with Gasteiger partial charge in [0.2, 0.25) is 5.91 Å². The zero-order valence-electron chi connectivity index (χ0n) is 15.0. The second-order valence-corrected chi connectivity index (χ2v) is 7.48. The molecule has 1 N–H and O–H groups in total. The first kappa shape index (κ1) is 20.4. The summed E-state index contributed by atoms with van der Waals surface area (Å²) >= 11 is 11.8. The molecule has 0 radical (unpaired) electrons. The highest BCUT2D eigenvalue weighted by Gasteiger charge is 2.29. The molecule has 0 bridgehead atoms. The van der Waals surface area contributed by atoms with Gasteiger partial charge in [-0.15, -0.1) is 0 Å². The van der Waals surface area contributed by atoms with Gasteiger partial charge in [0.25, 0.3) is 5.91 Å². The van der Waals surface area contributed by atoms with Crippen molar-refractivity contribution in [2.75, 3.05) is 19.7 Å². The van der Waals surface area contributed by atoms with E-state index >= 15 is 0 Å². The number of likely N-dealkylation sites (tertiary alicyclic amines) is 1. The minimum atomic E-state index is -0.306. The Hall–Kier alpha value is -2.31. The quantitative estimate of drug-likeness (QED) is 0.737. The van der Waals surface area contributed by atoms with Crippen LogP contribution in [0.5, 0.6) is 5.75 Å². The van der Waals surface area contributed by atoms with Gasteiger partial charge < -0.3 is 15.0 Å². The van der Waals surface area contributed by atoms with Crippen molar-refractivity contribution in [1.29, 1.82) is 0 Å². The number of amides is 2. The van der Waals surface area contributed by atoms with Gasteiger partial charge in [0.05, 0.1) is 5.02 Å². The smallest absolute Gasteiger partial charge is 0.257 e. The first-order valence-corrected chi connectivity index (χ1v) is 9.53. The van der Waals surface area contributed by atoms with Crippen LogP contribution in [0, 0.1) is 11.7 Å². The van der Waals surface area contributed by atoms with Crippen LogP contribution in [0.1, 0.15) is 12.0 Å². The average molecular weight is 425 g/mol. The van der Waals surface area contributed by atoms with E-state index in [4.69, 9.17) is 27.9 Å². The van der Waals surface area contributed by atoms with Gasteiger partial charge in [-0.25, -0.2) is 4.39 Å². The minimum absolute atomic E-state index is 0.0211. The zero-order valence-corrected chi connectivity index (χ0v) is 16.5. The predicted molar refractivity (Wildman–Crippen MR) is 105 cm³/mol. The molecule has 2 aromatic rings. The molecule has 3 rings (SSSR count). The summed E-state index contributed by atoms with van der Waals surface area (Å²) in [6.45, 7) is 1.17. The molecule has 1 saturated heterocycles. The lowest BCUT2D eigenvalue weighted by atomic mass is 10.1. The summed E-state index contributed by atoms with van der Waals surface area (Å²) in [4.78, 5) is 25.9. The van der Waals surface area contributed by atoms with Gasteiger partial charge in [-0.3, -0.25) is 9.59 Å². The van der Waals surface area contributed by atoms with Gasteiger partial charge in [0.1, 0.15) is 11.6 Å². The second-order valence-electron chi connectivity index (χ2n) is 6.64. The predicted octanol–water partition coefficient (Wildman–Crippen LogP) is 3.68. The Kier molecular flexibility index (Phi) is 6.75. The molecule has 1 atom stereocenters. The summed E-state index contributed by atoms with van der Waals surface area (Å²) in [6, 6.07) is 10.8.